The molecule has 0 bridgehead atoms. The van der Waals surface area contributed by atoms with Crippen LogP contribution in [0.4, 0.5) is 0 Å². The Hall–Kier alpha value is -1.91. The van der Waals surface area contributed by atoms with Crippen LogP contribution >= 0.6 is 11.3 Å². The fourth-order valence-electron chi connectivity index (χ4n) is 2.50. The van der Waals surface area contributed by atoms with Crippen LogP contribution in [-0.2, 0) is 0 Å². The summed E-state index contributed by atoms with van der Waals surface area (Å²) in [4.78, 5) is 19.1. The van der Waals surface area contributed by atoms with E-state index in [0.717, 1.165) is 16.5 Å². The van der Waals surface area contributed by atoms with Gasteiger partial charge in [0, 0.05) is 33.6 Å². The molecular weight excluding hydrogens is 280 g/mol. The smallest absolute Gasteiger partial charge is 0.178 e. The molecule has 2 aromatic heterocycles. The zero-order valence-electron chi connectivity index (χ0n) is 12.2. The van der Waals surface area contributed by atoms with Crippen LogP contribution in [0.1, 0.15) is 28.2 Å². The van der Waals surface area contributed by atoms with E-state index in [1.807, 2.05) is 43.6 Å². The highest BCUT2D eigenvalue weighted by Crippen LogP contribution is 2.24. The molecule has 1 aromatic carbocycles. The average molecular weight is 298 g/mol. The molecule has 0 radical (unpaired) electrons. The molecule has 0 amide bonds. The molecule has 21 heavy (non-hydrogen) atoms. The molecule has 4 heteroatoms. The first-order chi connectivity index (χ1) is 10.2. The number of nitrogens with one attached hydrogen (secondary N) is 1. The average Bonchev–Trinajstić information content (AvgIpc) is 3.15. The van der Waals surface area contributed by atoms with Crippen LogP contribution in [0.15, 0.2) is 48.0 Å². The number of ketones is 1. The minimum Gasteiger partial charge on any atom is -0.360 e. The number of likely N-dealkylation sites (N-methyl/N-ethyl adjacent to an activating group) is 1. The standard InChI is InChI=1S/C17H18N2OS/c1-12(17-8-5-9-21-17)19(2)11-16(20)14-10-18-15-7-4-3-6-13(14)15/h3-10,12,18H,11H2,1-2H3. The van der Waals surface area contributed by atoms with E-state index in [1.54, 1.807) is 11.3 Å². The summed E-state index contributed by atoms with van der Waals surface area (Å²) in [6.07, 6.45) is 1.82. The fourth-order valence-corrected chi connectivity index (χ4v) is 3.35. The Bertz CT molecular complexity index is 745. The summed E-state index contributed by atoms with van der Waals surface area (Å²) >= 11 is 1.73. The zero-order chi connectivity index (χ0) is 14.8. The lowest BCUT2D eigenvalue weighted by molar-refractivity contribution is 0.0927. The van der Waals surface area contributed by atoms with Crippen LogP contribution in [0.5, 0.6) is 0 Å². The van der Waals surface area contributed by atoms with E-state index in [9.17, 15) is 4.79 Å². The highest BCUT2D eigenvalue weighted by atomic mass is 32.1. The van der Waals surface area contributed by atoms with E-state index in [4.69, 9.17) is 0 Å². The third-order valence-electron chi connectivity index (χ3n) is 3.90. The first-order valence-electron chi connectivity index (χ1n) is 7.00. The molecule has 1 N–H and O–H groups in total. The van der Waals surface area contributed by atoms with Gasteiger partial charge in [0.05, 0.1) is 6.54 Å². The van der Waals surface area contributed by atoms with Crippen LogP contribution < -0.4 is 0 Å². The lowest BCUT2D eigenvalue weighted by Crippen LogP contribution is -2.28. The quantitative estimate of drug-likeness (QED) is 0.720. The maximum absolute atomic E-state index is 12.5. The van der Waals surface area contributed by atoms with E-state index in [2.05, 4.69) is 28.3 Å². The molecule has 0 spiro atoms. The van der Waals surface area contributed by atoms with Gasteiger partial charge in [-0.2, -0.15) is 0 Å². The third-order valence-corrected chi connectivity index (χ3v) is 4.94. The van der Waals surface area contributed by atoms with Crippen LogP contribution in [0, 0.1) is 0 Å². The van der Waals surface area contributed by atoms with Gasteiger partial charge in [0.1, 0.15) is 0 Å². The third kappa shape index (κ3) is 2.77. The van der Waals surface area contributed by atoms with Gasteiger partial charge in [0.25, 0.3) is 0 Å². The van der Waals surface area contributed by atoms with Crippen molar-refractivity contribution < 1.29 is 4.79 Å². The second-order valence-electron chi connectivity index (χ2n) is 5.28. The van der Waals surface area contributed by atoms with Crippen molar-refractivity contribution in [2.45, 2.75) is 13.0 Å². The number of para-hydroxylation sites is 1. The number of hydrogen-bond donors (Lipinski definition) is 1. The number of thiophene rings is 1. The molecule has 0 aliphatic carbocycles. The second kappa shape index (κ2) is 5.84. The van der Waals surface area contributed by atoms with Crippen molar-refractivity contribution in [3.05, 3.63) is 58.4 Å². The maximum Gasteiger partial charge on any atom is 0.178 e. The van der Waals surface area contributed by atoms with Gasteiger partial charge in [-0.05, 0) is 31.5 Å². The van der Waals surface area contributed by atoms with Gasteiger partial charge in [-0.1, -0.05) is 24.3 Å². The van der Waals surface area contributed by atoms with E-state index < -0.39 is 0 Å². The largest absolute Gasteiger partial charge is 0.360 e. The lowest BCUT2D eigenvalue weighted by atomic mass is 10.1. The van der Waals surface area contributed by atoms with Crippen LogP contribution in [0.2, 0.25) is 0 Å². The molecule has 3 rings (SSSR count). The summed E-state index contributed by atoms with van der Waals surface area (Å²) < 4.78 is 0. The van der Waals surface area contributed by atoms with Crippen molar-refractivity contribution in [3.8, 4) is 0 Å². The highest BCUT2D eigenvalue weighted by molar-refractivity contribution is 7.10. The molecule has 108 valence electrons. The van der Waals surface area contributed by atoms with Gasteiger partial charge in [0.2, 0.25) is 0 Å². The Morgan fingerprint density at radius 3 is 2.86 bits per heavy atom. The number of aromatic amines is 1. The molecule has 3 nitrogen and oxygen atoms in total. The first-order valence-corrected chi connectivity index (χ1v) is 7.87. The number of carbonyl (C=O) groups is 1. The summed E-state index contributed by atoms with van der Waals surface area (Å²) in [5.41, 5.74) is 1.78. The summed E-state index contributed by atoms with van der Waals surface area (Å²) in [5, 5.41) is 3.07. The Balaban J connectivity index is 1.77. The normalized spacial score (nSPS) is 12.9. The Morgan fingerprint density at radius 1 is 1.29 bits per heavy atom. The highest BCUT2D eigenvalue weighted by Gasteiger charge is 2.18. The number of fused-ring (bicyclic) bond motifs is 1. The van der Waals surface area contributed by atoms with Crippen molar-refractivity contribution in [2.24, 2.45) is 0 Å². The predicted molar refractivity (Wildman–Crippen MR) is 88.0 cm³/mol. The number of rotatable bonds is 5. The fraction of sp³-hybridized carbons (Fsp3) is 0.235. The number of Topliss-reactive ketones (excluding diaryl/α,β-unsaturated/α-hetero) is 1. The number of aromatic nitrogens is 1. The molecule has 0 saturated heterocycles. The Morgan fingerprint density at radius 2 is 2.10 bits per heavy atom. The van der Waals surface area contributed by atoms with Crippen LogP contribution in [-0.4, -0.2) is 29.3 Å². The SMILES string of the molecule is CC(c1cccs1)N(C)CC(=O)c1c[nH]c2ccccc12. The number of hydrogen-bond acceptors (Lipinski definition) is 3. The number of carbonyl (C=O) groups excluding carboxylic acids is 1. The maximum atomic E-state index is 12.5. The molecule has 0 saturated carbocycles. The lowest BCUT2D eigenvalue weighted by Gasteiger charge is -2.22. The monoisotopic (exact) mass is 298 g/mol. The van der Waals surface area contributed by atoms with Crippen molar-refractivity contribution in [2.75, 3.05) is 13.6 Å². The van der Waals surface area contributed by atoms with Crippen LogP contribution in [0.3, 0.4) is 0 Å². The second-order valence-corrected chi connectivity index (χ2v) is 6.26. The number of H-pyrrole nitrogens is 1. The minimum absolute atomic E-state index is 0.151. The molecule has 0 aliphatic rings. The molecule has 1 atom stereocenters. The van der Waals surface area contributed by atoms with Crippen molar-refractivity contribution in [1.29, 1.82) is 0 Å². The molecule has 0 aliphatic heterocycles. The topological polar surface area (TPSA) is 36.1 Å². The zero-order valence-corrected chi connectivity index (χ0v) is 13.0. The summed E-state index contributed by atoms with van der Waals surface area (Å²) in [5.74, 6) is 0.151. The summed E-state index contributed by atoms with van der Waals surface area (Å²) in [7, 11) is 2.00. The molecule has 3 aromatic rings. The van der Waals surface area contributed by atoms with Gasteiger partial charge in [-0.3, -0.25) is 9.69 Å². The van der Waals surface area contributed by atoms with E-state index in [0.29, 0.717) is 6.54 Å². The van der Waals surface area contributed by atoms with Gasteiger partial charge in [0.15, 0.2) is 5.78 Å². The first kappa shape index (κ1) is 14.0. The summed E-state index contributed by atoms with van der Waals surface area (Å²) in [6.45, 7) is 2.55. The van der Waals surface area contributed by atoms with Gasteiger partial charge >= 0.3 is 0 Å². The number of benzene rings is 1. The van der Waals surface area contributed by atoms with E-state index in [-0.39, 0.29) is 11.8 Å². The summed E-state index contributed by atoms with van der Waals surface area (Å²) in [6, 6.07) is 12.3. The van der Waals surface area contributed by atoms with Gasteiger partial charge < -0.3 is 4.98 Å². The Kier molecular flexibility index (Phi) is 3.90. The van der Waals surface area contributed by atoms with Crippen molar-refractivity contribution in [1.82, 2.24) is 9.88 Å². The number of nitrogens with zero attached hydrogens (tertiary/aromatic N) is 1. The molecule has 1 unspecified atom stereocenters. The Labute approximate surface area is 128 Å². The van der Waals surface area contributed by atoms with Crippen molar-refractivity contribution in [3.63, 3.8) is 0 Å². The van der Waals surface area contributed by atoms with Gasteiger partial charge in [-0.25, -0.2) is 0 Å². The predicted octanol–water partition coefficient (Wildman–Crippen LogP) is 4.11. The van der Waals surface area contributed by atoms with Crippen LogP contribution in [0.25, 0.3) is 10.9 Å². The molecule has 0 fully saturated rings. The van der Waals surface area contributed by atoms with Gasteiger partial charge in [-0.15, -0.1) is 11.3 Å². The van der Waals surface area contributed by atoms with Crippen molar-refractivity contribution >= 4 is 28.0 Å². The van der Waals surface area contributed by atoms with E-state index in [1.165, 1.54) is 4.88 Å². The van der Waals surface area contributed by atoms with E-state index >= 15 is 0 Å². The molecular formula is C17H18N2OS. The molecule has 2 heterocycles. The minimum atomic E-state index is 0.151.